The Balaban J connectivity index is 1.91. The molecule has 0 bridgehead atoms. The summed E-state index contributed by atoms with van der Waals surface area (Å²) >= 11 is 5.82. The van der Waals surface area contributed by atoms with Gasteiger partial charge in [0.2, 0.25) is 10.0 Å². The van der Waals surface area contributed by atoms with Crippen LogP contribution in [0, 0.1) is 5.41 Å². The van der Waals surface area contributed by atoms with Crippen LogP contribution in [0.2, 0.25) is 5.02 Å². The monoisotopic (exact) mass is 389 g/mol. The molecule has 7 heteroatoms. The average molecular weight is 390 g/mol. The highest BCUT2D eigenvalue weighted by Crippen LogP contribution is 2.45. The lowest BCUT2D eigenvalue weighted by Gasteiger charge is -2.30. The van der Waals surface area contributed by atoms with Gasteiger partial charge in [-0.2, -0.15) is 0 Å². The molecule has 142 valence electrons. The largest absolute Gasteiger partial charge is 0.356 e. The number of nitrogens with one attached hydrogen (secondary N) is 1. The van der Waals surface area contributed by atoms with Gasteiger partial charge in [-0.05, 0) is 61.8 Å². The molecule has 0 amide bonds. The maximum atomic E-state index is 12.4. The zero-order chi connectivity index (χ0) is 18.3. The van der Waals surface area contributed by atoms with Gasteiger partial charge in [0.25, 0.3) is 0 Å². The Morgan fingerprint density at radius 2 is 1.72 bits per heavy atom. The van der Waals surface area contributed by atoms with Crippen LogP contribution in [0.25, 0.3) is 0 Å². The SMILES string of the molecule is COC(CCC1(CCNS(=O)(=O)c2ccc(Cl)cc2)CCCC1)OC. The molecule has 1 fully saturated rings. The van der Waals surface area contributed by atoms with E-state index in [1.165, 1.54) is 25.0 Å². The van der Waals surface area contributed by atoms with Gasteiger partial charge in [0.05, 0.1) is 4.90 Å². The molecular weight excluding hydrogens is 362 g/mol. The van der Waals surface area contributed by atoms with Gasteiger partial charge < -0.3 is 9.47 Å². The molecule has 1 aliphatic carbocycles. The van der Waals surface area contributed by atoms with Crippen LogP contribution < -0.4 is 4.72 Å². The molecule has 1 aliphatic rings. The summed E-state index contributed by atoms with van der Waals surface area (Å²) in [6.45, 7) is 0.440. The van der Waals surface area contributed by atoms with Crippen LogP contribution in [0.5, 0.6) is 0 Å². The summed E-state index contributed by atoms with van der Waals surface area (Å²) in [4.78, 5) is 0.246. The molecule has 0 unspecified atom stereocenters. The Bertz CT molecular complexity index is 623. The summed E-state index contributed by atoms with van der Waals surface area (Å²) in [5, 5.41) is 0.523. The molecule has 1 N–H and O–H groups in total. The quantitative estimate of drug-likeness (QED) is 0.615. The van der Waals surface area contributed by atoms with Crippen molar-refractivity contribution in [3.63, 3.8) is 0 Å². The normalized spacial score (nSPS) is 17.3. The van der Waals surface area contributed by atoms with Gasteiger partial charge in [0, 0.05) is 25.8 Å². The first-order valence-corrected chi connectivity index (χ1v) is 10.6. The van der Waals surface area contributed by atoms with E-state index in [0.29, 0.717) is 11.6 Å². The Morgan fingerprint density at radius 1 is 1.12 bits per heavy atom. The molecule has 0 aliphatic heterocycles. The Labute approximate surface area is 156 Å². The van der Waals surface area contributed by atoms with E-state index >= 15 is 0 Å². The van der Waals surface area contributed by atoms with E-state index < -0.39 is 10.0 Å². The van der Waals surface area contributed by atoms with Crippen LogP contribution in [0.1, 0.15) is 44.9 Å². The molecule has 1 aromatic carbocycles. The first-order valence-electron chi connectivity index (χ1n) is 8.72. The highest BCUT2D eigenvalue weighted by Gasteiger charge is 2.34. The van der Waals surface area contributed by atoms with Gasteiger partial charge in [-0.25, -0.2) is 13.1 Å². The lowest BCUT2D eigenvalue weighted by molar-refractivity contribution is -0.111. The second-order valence-electron chi connectivity index (χ2n) is 6.75. The Hall–Kier alpha value is -0.660. The molecule has 0 heterocycles. The van der Waals surface area contributed by atoms with Crippen molar-refractivity contribution in [2.45, 2.75) is 56.1 Å². The van der Waals surface area contributed by atoms with E-state index in [2.05, 4.69) is 4.72 Å². The minimum atomic E-state index is -3.49. The van der Waals surface area contributed by atoms with Crippen molar-refractivity contribution in [3.8, 4) is 0 Å². The molecule has 0 aromatic heterocycles. The van der Waals surface area contributed by atoms with E-state index in [1.807, 2.05) is 0 Å². The van der Waals surface area contributed by atoms with Gasteiger partial charge >= 0.3 is 0 Å². The predicted octanol–water partition coefficient (Wildman–Crippen LogP) is 3.97. The van der Waals surface area contributed by atoms with E-state index in [9.17, 15) is 8.42 Å². The third kappa shape index (κ3) is 5.93. The zero-order valence-corrected chi connectivity index (χ0v) is 16.5. The van der Waals surface area contributed by atoms with Crippen LogP contribution in [0.4, 0.5) is 0 Å². The number of rotatable bonds is 10. The van der Waals surface area contributed by atoms with Crippen LogP contribution in [0.3, 0.4) is 0 Å². The minimum absolute atomic E-state index is 0.178. The highest BCUT2D eigenvalue weighted by molar-refractivity contribution is 7.89. The topological polar surface area (TPSA) is 64.6 Å². The van der Waals surface area contributed by atoms with Crippen molar-refractivity contribution in [1.29, 1.82) is 0 Å². The van der Waals surface area contributed by atoms with Crippen molar-refractivity contribution in [2.75, 3.05) is 20.8 Å². The number of ether oxygens (including phenoxy) is 2. The highest BCUT2D eigenvalue weighted by atomic mass is 35.5. The van der Waals surface area contributed by atoms with Crippen molar-refractivity contribution in [2.24, 2.45) is 5.41 Å². The second-order valence-corrected chi connectivity index (χ2v) is 8.95. The third-order valence-corrected chi connectivity index (χ3v) is 6.90. The maximum Gasteiger partial charge on any atom is 0.240 e. The first kappa shape index (κ1) is 20.6. The van der Waals surface area contributed by atoms with Gasteiger partial charge in [-0.15, -0.1) is 0 Å². The lowest BCUT2D eigenvalue weighted by atomic mass is 9.78. The molecule has 1 aromatic rings. The van der Waals surface area contributed by atoms with Crippen LogP contribution >= 0.6 is 11.6 Å². The van der Waals surface area contributed by atoms with Crippen LogP contribution in [-0.4, -0.2) is 35.5 Å². The molecule has 1 saturated carbocycles. The fourth-order valence-corrected chi connectivity index (χ4v) is 4.81. The van der Waals surface area contributed by atoms with Crippen LogP contribution in [0.15, 0.2) is 29.2 Å². The first-order chi connectivity index (χ1) is 11.9. The molecular formula is C18H28ClNO4S. The third-order valence-electron chi connectivity index (χ3n) is 5.17. The predicted molar refractivity (Wildman–Crippen MR) is 99.2 cm³/mol. The van der Waals surface area contributed by atoms with Gasteiger partial charge in [-0.1, -0.05) is 24.4 Å². The number of halogens is 1. The van der Waals surface area contributed by atoms with E-state index in [0.717, 1.165) is 32.1 Å². The summed E-state index contributed by atoms with van der Waals surface area (Å²) in [6.07, 6.45) is 7.14. The van der Waals surface area contributed by atoms with Gasteiger partial charge in [0.1, 0.15) is 0 Å². The number of hydrogen-bond donors (Lipinski definition) is 1. The van der Waals surface area contributed by atoms with E-state index in [-0.39, 0.29) is 16.6 Å². The Morgan fingerprint density at radius 3 is 2.28 bits per heavy atom. The molecule has 25 heavy (non-hydrogen) atoms. The van der Waals surface area contributed by atoms with Crippen molar-refractivity contribution >= 4 is 21.6 Å². The second kappa shape index (κ2) is 9.33. The molecule has 0 spiro atoms. The zero-order valence-electron chi connectivity index (χ0n) is 15.0. The fraction of sp³-hybridized carbons (Fsp3) is 0.667. The fourth-order valence-electron chi connectivity index (χ4n) is 3.65. The van der Waals surface area contributed by atoms with Crippen LogP contribution in [-0.2, 0) is 19.5 Å². The molecule has 2 rings (SSSR count). The molecule has 0 atom stereocenters. The summed E-state index contributed by atoms with van der Waals surface area (Å²) in [5.41, 5.74) is 0.178. The summed E-state index contributed by atoms with van der Waals surface area (Å²) in [7, 11) is -0.197. The molecule has 0 saturated heterocycles. The van der Waals surface area contributed by atoms with Crippen molar-refractivity contribution in [3.05, 3.63) is 29.3 Å². The molecule has 0 radical (unpaired) electrons. The number of methoxy groups -OCH3 is 2. The number of sulfonamides is 1. The van der Waals surface area contributed by atoms with E-state index in [1.54, 1.807) is 26.4 Å². The minimum Gasteiger partial charge on any atom is -0.356 e. The van der Waals surface area contributed by atoms with Gasteiger partial charge in [0.15, 0.2) is 6.29 Å². The van der Waals surface area contributed by atoms with E-state index in [4.69, 9.17) is 21.1 Å². The number of benzene rings is 1. The van der Waals surface area contributed by atoms with Crippen molar-refractivity contribution in [1.82, 2.24) is 4.72 Å². The average Bonchev–Trinajstić information content (AvgIpc) is 3.05. The Kier molecular flexibility index (Phi) is 7.70. The summed E-state index contributed by atoms with van der Waals surface area (Å²) in [5.74, 6) is 0. The molecule has 5 nitrogen and oxygen atoms in total. The lowest BCUT2D eigenvalue weighted by Crippen LogP contribution is -2.30. The summed E-state index contributed by atoms with van der Waals surface area (Å²) in [6, 6.07) is 6.23. The summed E-state index contributed by atoms with van der Waals surface area (Å²) < 4.78 is 38.1. The smallest absolute Gasteiger partial charge is 0.240 e. The van der Waals surface area contributed by atoms with Gasteiger partial charge in [-0.3, -0.25) is 0 Å². The maximum absolute atomic E-state index is 12.4. The number of hydrogen-bond acceptors (Lipinski definition) is 4. The van der Waals surface area contributed by atoms with Crippen molar-refractivity contribution < 1.29 is 17.9 Å². The standard InChI is InChI=1S/C18H28ClNO4S/c1-23-17(24-2)9-12-18(10-3-4-11-18)13-14-20-25(21,22)16-7-5-15(19)6-8-16/h5-8,17,20H,3-4,9-14H2,1-2H3.